The number of amides is 1. The molecule has 0 unspecified atom stereocenters. The van der Waals surface area contributed by atoms with Crippen LogP contribution in [0.2, 0.25) is 0 Å². The molecule has 0 bridgehead atoms. The van der Waals surface area contributed by atoms with Crippen LogP contribution in [0.25, 0.3) is 10.9 Å². The zero-order valence-corrected chi connectivity index (χ0v) is 8.69. The Hall–Kier alpha value is -2.21. The molecule has 0 fully saturated rings. The first-order valence-electron chi connectivity index (χ1n) is 4.72. The van der Waals surface area contributed by atoms with Crippen LogP contribution in [0.15, 0.2) is 24.3 Å². The molecule has 16 heavy (non-hydrogen) atoms. The third-order valence-electron chi connectivity index (χ3n) is 2.16. The molecule has 0 radical (unpaired) electrons. The van der Waals surface area contributed by atoms with Crippen LogP contribution in [0.4, 0.5) is 5.69 Å². The van der Waals surface area contributed by atoms with Gasteiger partial charge >= 0.3 is 0 Å². The van der Waals surface area contributed by atoms with Crippen molar-refractivity contribution < 1.29 is 4.79 Å². The molecule has 0 atom stereocenters. The molecule has 0 aliphatic heterocycles. The zero-order valence-electron chi connectivity index (χ0n) is 8.69. The molecule has 0 saturated carbocycles. The largest absolute Gasteiger partial charge is 0.396 e. The van der Waals surface area contributed by atoms with Crippen molar-refractivity contribution in [2.75, 3.05) is 12.8 Å². The number of nitrogens with two attached hydrogens (primary N) is 1. The van der Waals surface area contributed by atoms with Gasteiger partial charge in [0.2, 0.25) is 0 Å². The number of nitrogen functional groups attached to an aromatic ring is 1. The van der Waals surface area contributed by atoms with Crippen molar-refractivity contribution in [1.29, 1.82) is 0 Å². The van der Waals surface area contributed by atoms with E-state index in [1.165, 1.54) is 0 Å². The lowest BCUT2D eigenvalue weighted by molar-refractivity contribution is 0.0933. The predicted octanol–water partition coefficient (Wildman–Crippen LogP) is 0.0762. The van der Waals surface area contributed by atoms with Crippen LogP contribution in [0.5, 0.6) is 0 Å². The molecule has 0 saturated heterocycles. The number of anilines is 1. The molecule has 0 aliphatic carbocycles. The standard InChI is InChI=1S/C10H11N5O/c1-12-15-10(16)9-8(11)6-4-2-3-5-7(6)13-14-9/h2-5,12H,1H3,(H2,11,13)(H,15,16). The fourth-order valence-corrected chi connectivity index (χ4v) is 1.41. The van der Waals surface area contributed by atoms with Gasteiger partial charge in [-0.05, 0) is 6.07 Å². The van der Waals surface area contributed by atoms with E-state index in [0.717, 1.165) is 5.39 Å². The molecule has 4 N–H and O–H groups in total. The molecule has 1 amide bonds. The summed E-state index contributed by atoms with van der Waals surface area (Å²) in [6.45, 7) is 0. The molecular formula is C10H11N5O. The molecule has 2 rings (SSSR count). The fourth-order valence-electron chi connectivity index (χ4n) is 1.41. The second-order valence-corrected chi connectivity index (χ2v) is 3.18. The van der Waals surface area contributed by atoms with Crippen LogP contribution in [-0.4, -0.2) is 23.2 Å². The van der Waals surface area contributed by atoms with Crippen LogP contribution in [-0.2, 0) is 0 Å². The topological polar surface area (TPSA) is 92.9 Å². The molecule has 0 aliphatic rings. The fraction of sp³-hybridized carbons (Fsp3) is 0.100. The Morgan fingerprint density at radius 3 is 2.81 bits per heavy atom. The number of nitrogens with zero attached hydrogens (tertiary/aromatic N) is 2. The number of hydrogen-bond acceptors (Lipinski definition) is 5. The Balaban J connectivity index is 2.56. The van der Waals surface area contributed by atoms with Gasteiger partial charge in [0, 0.05) is 12.4 Å². The zero-order chi connectivity index (χ0) is 11.5. The minimum atomic E-state index is -0.404. The molecule has 6 nitrogen and oxygen atoms in total. The number of carbonyl (C=O) groups is 1. The number of hydrazine groups is 1. The number of hydrogen-bond donors (Lipinski definition) is 3. The van der Waals surface area contributed by atoms with E-state index < -0.39 is 5.91 Å². The van der Waals surface area contributed by atoms with Gasteiger partial charge in [0.1, 0.15) is 0 Å². The van der Waals surface area contributed by atoms with E-state index in [0.29, 0.717) is 11.2 Å². The highest BCUT2D eigenvalue weighted by Gasteiger charge is 2.13. The summed E-state index contributed by atoms with van der Waals surface area (Å²) in [5.41, 5.74) is 11.9. The summed E-state index contributed by atoms with van der Waals surface area (Å²) < 4.78 is 0. The molecule has 82 valence electrons. The lowest BCUT2D eigenvalue weighted by Crippen LogP contribution is -2.35. The molecule has 2 aromatic rings. The van der Waals surface area contributed by atoms with Crippen molar-refractivity contribution in [1.82, 2.24) is 21.0 Å². The first-order valence-corrected chi connectivity index (χ1v) is 4.72. The van der Waals surface area contributed by atoms with Gasteiger partial charge < -0.3 is 5.73 Å². The maximum absolute atomic E-state index is 11.6. The van der Waals surface area contributed by atoms with Gasteiger partial charge in [-0.1, -0.05) is 18.2 Å². The molecule has 6 heteroatoms. The number of benzene rings is 1. The number of fused-ring (bicyclic) bond motifs is 1. The summed E-state index contributed by atoms with van der Waals surface area (Å²) >= 11 is 0. The average molecular weight is 217 g/mol. The van der Waals surface area contributed by atoms with Crippen LogP contribution >= 0.6 is 0 Å². The molecule has 1 aromatic carbocycles. The van der Waals surface area contributed by atoms with Gasteiger partial charge in [0.25, 0.3) is 5.91 Å². The summed E-state index contributed by atoms with van der Waals surface area (Å²) in [6, 6.07) is 7.26. The minimum Gasteiger partial charge on any atom is -0.396 e. The SMILES string of the molecule is CNNC(=O)c1nnc2ccccc2c1N. The van der Waals surface area contributed by atoms with Crippen molar-refractivity contribution in [2.24, 2.45) is 0 Å². The summed E-state index contributed by atoms with van der Waals surface area (Å²) in [4.78, 5) is 11.6. The smallest absolute Gasteiger partial charge is 0.288 e. The van der Waals surface area contributed by atoms with E-state index in [1.807, 2.05) is 12.1 Å². The number of aromatic nitrogens is 2. The van der Waals surface area contributed by atoms with E-state index >= 15 is 0 Å². The van der Waals surface area contributed by atoms with E-state index in [4.69, 9.17) is 5.73 Å². The lowest BCUT2D eigenvalue weighted by Gasteiger charge is -2.06. The van der Waals surface area contributed by atoms with Crippen molar-refractivity contribution in [3.8, 4) is 0 Å². The van der Waals surface area contributed by atoms with Crippen LogP contribution in [0.1, 0.15) is 10.5 Å². The highest BCUT2D eigenvalue weighted by molar-refractivity contribution is 6.04. The minimum absolute atomic E-state index is 0.119. The Labute approximate surface area is 91.8 Å². The van der Waals surface area contributed by atoms with Gasteiger partial charge in [-0.2, -0.15) is 0 Å². The summed E-state index contributed by atoms with van der Waals surface area (Å²) in [5.74, 6) is -0.404. The Morgan fingerprint density at radius 2 is 2.06 bits per heavy atom. The number of carbonyl (C=O) groups excluding carboxylic acids is 1. The second kappa shape index (κ2) is 4.11. The number of nitrogens with one attached hydrogen (secondary N) is 2. The van der Waals surface area contributed by atoms with E-state index in [2.05, 4.69) is 21.0 Å². The Morgan fingerprint density at radius 1 is 1.31 bits per heavy atom. The van der Waals surface area contributed by atoms with Crippen LogP contribution < -0.4 is 16.6 Å². The van der Waals surface area contributed by atoms with E-state index in [9.17, 15) is 4.79 Å². The molecule has 0 spiro atoms. The first-order chi connectivity index (χ1) is 7.74. The maximum atomic E-state index is 11.6. The summed E-state index contributed by atoms with van der Waals surface area (Å²) in [7, 11) is 1.59. The van der Waals surface area contributed by atoms with Crippen molar-refractivity contribution in [3.05, 3.63) is 30.0 Å². The first kappa shape index (κ1) is 10.3. The predicted molar refractivity (Wildman–Crippen MR) is 60.5 cm³/mol. The highest BCUT2D eigenvalue weighted by atomic mass is 16.2. The summed E-state index contributed by atoms with van der Waals surface area (Å²) in [6.07, 6.45) is 0. The van der Waals surface area contributed by atoms with E-state index in [-0.39, 0.29) is 5.69 Å². The van der Waals surface area contributed by atoms with Crippen molar-refractivity contribution in [2.45, 2.75) is 0 Å². The van der Waals surface area contributed by atoms with Crippen molar-refractivity contribution >= 4 is 22.5 Å². The molecular weight excluding hydrogens is 206 g/mol. The van der Waals surface area contributed by atoms with Gasteiger partial charge in [-0.15, -0.1) is 10.2 Å². The van der Waals surface area contributed by atoms with Gasteiger partial charge in [0.05, 0.1) is 11.2 Å². The third-order valence-corrected chi connectivity index (χ3v) is 2.16. The molecule has 1 aromatic heterocycles. The Kier molecular flexibility index (Phi) is 2.65. The van der Waals surface area contributed by atoms with Gasteiger partial charge in [-0.25, -0.2) is 5.43 Å². The van der Waals surface area contributed by atoms with Gasteiger partial charge in [-0.3, -0.25) is 10.2 Å². The quantitative estimate of drug-likeness (QED) is 0.619. The third kappa shape index (κ3) is 1.66. The lowest BCUT2D eigenvalue weighted by atomic mass is 10.1. The second-order valence-electron chi connectivity index (χ2n) is 3.18. The highest BCUT2D eigenvalue weighted by Crippen LogP contribution is 2.20. The van der Waals surface area contributed by atoms with Crippen molar-refractivity contribution in [3.63, 3.8) is 0 Å². The average Bonchev–Trinajstić information content (AvgIpc) is 2.30. The number of rotatable bonds is 2. The Bertz CT molecular complexity index is 540. The van der Waals surface area contributed by atoms with Crippen LogP contribution in [0.3, 0.4) is 0 Å². The monoisotopic (exact) mass is 217 g/mol. The van der Waals surface area contributed by atoms with Crippen LogP contribution in [0, 0.1) is 0 Å². The maximum Gasteiger partial charge on any atom is 0.288 e. The molecule has 1 heterocycles. The normalized spacial score (nSPS) is 10.3. The van der Waals surface area contributed by atoms with E-state index in [1.54, 1.807) is 19.2 Å². The summed E-state index contributed by atoms with van der Waals surface area (Å²) in [5, 5.41) is 8.45. The van der Waals surface area contributed by atoms with Gasteiger partial charge in [0.15, 0.2) is 5.69 Å².